The maximum Gasteiger partial charge on any atom is 0.261 e. The molecule has 23 heavy (non-hydrogen) atoms. The Hall–Kier alpha value is -2.87. The summed E-state index contributed by atoms with van der Waals surface area (Å²) >= 11 is 0. The zero-order valence-corrected chi connectivity index (χ0v) is 13.1. The number of hydrogen-bond acceptors (Lipinski definition) is 4. The minimum Gasteiger partial charge on any atom is -0.366 e. The summed E-state index contributed by atoms with van der Waals surface area (Å²) in [5.41, 5.74) is 11.6. The molecule has 7 nitrogen and oxygen atoms in total. The summed E-state index contributed by atoms with van der Waals surface area (Å²) in [4.78, 5) is 22.2. The van der Waals surface area contributed by atoms with E-state index in [1.807, 2.05) is 0 Å². The fourth-order valence-corrected chi connectivity index (χ4v) is 3.03. The molecule has 0 radical (unpaired) electrons. The molecule has 2 aromatic carbocycles. The molecule has 0 aliphatic carbocycles. The number of primary amides is 2. The van der Waals surface area contributed by atoms with E-state index in [1.54, 1.807) is 6.92 Å². The molecule has 0 aromatic heterocycles. The minimum absolute atomic E-state index is 0.0872. The molecule has 0 spiro atoms. The van der Waals surface area contributed by atoms with E-state index in [0.29, 0.717) is 5.56 Å². The monoisotopic (exact) mass is 333 g/mol. The Balaban J connectivity index is 2.33. The van der Waals surface area contributed by atoms with Gasteiger partial charge in [-0.15, -0.1) is 0 Å². The largest absolute Gasteiger partial charge is 0.366 e. The van der Waals surface area contributed by atoms with Crippen molar-refractivity contribution in [2.75, 3.05) is 4.72 Å². The fourth-order valence-electron chi connectivity index (χ4n) is 1.95. The maximum atomic E-state index is 12.4. The molecule has 0 bridgehead atoms. The van der Waals surface area contributed by atoms with Gasteiger partial charge in [0.2, 0.25) is 11.8 Å². The first-order valence-electron chi connectivity index (χ1n) is 6.54. The highest BCUT2D eigenvalue weighted by molar-refractivity contribution is 7.92. The molecule has 0 fully saturated rings. The molecular weight excluding hydrogens is 318 g/mol. The summed E-state index contributed by atoms with van der Waals surface area (Å²) < 4.78 is 27.1. The molecule has 5 N–H and O–H groups in total. The van der Waals surface area contributed by atoms with Gasteiger partial charge in [0.25, 0.3) is 10.0 Å². The highest BCUT2D eigenvalue weighted by Gasteiger charge is 2.17. The third-order valence-corrected chi connectivity index (χ3v) is 4.59. The highest BCUT2D eigenvalue weighted by Crippen LogP contribution is 2.19. The molecule has 120 valence electrons. The molecule has 0 heterocycles. The number of rotatable bonds is 5. The predicted molar refractivity (Wildman–Crippen MR) is 85.5 cm³/mol. The molecule has 0 aliphatic rings. The SMILES string of the molecule is Cc1ccc(S(=O)(=O)Nc2ccc(C(N)=O)cc2)cc1C(N)=O. The van der Waals surface area contributed by atoms with Crippen LogP contribution in [0.25, 0.3) is 0 Å². The van der Waals surface area contributed by atoms with Crippen molar-refractivity contribution < 1.29 is 18.0 Å². The zero-order chi connectivity index (χ0) is 17.2. The molecule has 0 saturated carbocycles. The molecule has 0 unspecified atom stereocenters. The molecule has 0 aliphatic heterocycles. The summed E-state index contributed by atoms with van der Waals surface area (Å²) in [5, 5.41) is 0. The lowest BCUT2D eigenvalue weighted by molar-refractivity contribution is 0.0991. The van der Waals surface area contributed by atoms with Gasteiger partial charge in [-0.1, -0.05) is 6.07 Å². The van der Waals surface area contributed by atoms with Crippen LogP contribution in [-0.4, -0.2) is 20.2 Å². The quantitative estimate of drug-likeness (QED) is 0.752. The number of hydrogen-bond donors (Lipinski definition) is 3. The minimum atomic E-state index is -3.89. The second-order valence-electron chi connectivity index (χ2n) is 4.89. The number of nitrogens with two attached hydrogens (primary N) is 2. The molecule has 0 atom stereocenters. The van der Waals surface area contributed by atoms with E-state index in [1.165, 1.54) is 42.5 Å². The lowest BCUT2D eigenvalue weighted by Gasteiger charge is -2.10. The number of amides is 2. The van der Waals surface area contributed by atoms with E-state index < -0.39 is 21.8 Å². The summed E-state index contributed by atoms with van der Waals surface area (Å²) in [6.45, 7) is 1.66. The van der Waals surface area contributed by atoms with Crippen LogP contribution in [0.5, 0.6) is 0 Å². The Bertz CT molecular complexity index is 874. The van der Waals surface area contributed by atoms with Crippen molar-refractivity contribution in [1.29, 1.82) is 0 Å². The number of benzene rings is 2. The Morgan fingerprint density at radius 1 is 0.957 bits per heavy atom. The third-order valence-electron chi connectivity index (χ3n) is 3.21. The highest BCUT2D eigenvalue weighted by atomic mass is 32.2. The Kier molecular flexibility index (Phi) is 4.37. The van der Waals surface area contributed by atoms with Crippen LogP contribution in [0.3, 0.4) is 0 Å². The first-order chi connectivity index (χ1) is 10.7. The van der Waals surface area contributed by atoms with Crippen molar-refractivity contribution >= 4 is 27.5 Å². The van der Waals surface area contributed by atoms with Gasteiger partial charge in [0, 0.05) is 16.8 Å². The van der Waals surface area contributed by atoms with Crippen LogP contribution in [0.1, 0.15) is 26.3 Å². The van der Waals surface area contributed by atoms with Crippen LogP contribution >= 0.6 is 0 Å². The lowest BCUT2D eigenvalue weighted by atomic mass is 10.1. The number of sulfonamides is 1. The van der Waals surface area contributed by atoms with Gasteiger partial charge in [0.05, 0.1) is 4.90 Å². The average Bonchev–Trinajstić information content (AvgIpc) is 2.47. The fraction of sp³-hybridized carbons (Fsp3) is 0.0667. The summed E-state index contributed by atoms with van der Waals surface area (Å²) in [6, 6.07) is 9.75. The number of carbonyl (C=O) groups excluding carboxylic acids is 2. The van der Waals surface area contributed by atoms with E-state index in [9.17, 15) is 18.0 Å². The second kappa shape index (κ2) is 6.09. The topological polar surface area (TPSA) is 132 Å². The number of aryl methyl sites for hydroxylation is 1. The Morgan fingerprint density at radius 3 is 2.09 bits per heavy atom. The average molecular weight is 333 g/mol. The van der Waals surface area contributed by atoms with Gasteiger partial charge in [-0.25, -0.2) is 8.42 Å². The first-order valence-corrected chi connectivity index (χ1v) is 8.02. The van der Waals surface area contributed by atoms with E-state index in [0.717, 1.165) is 0 Å². The summed E-state index contributed by atoms with van der Waals surface area (Å²) in [7, 11) is -3.89. The smallest absolute Gasteiger partial charge is 0.261 e. The number of carbonyl (C=O) groups is 2. The predicted octanol–water partition coefficient (Wildman–Crippen LogP) is 0.994. The van der Waals surface area contributed by atoms with Gasteiger partial charge in [-0.05, 0) is 48.9 Å². The zero-order valence-electron chi connectivity index (χ0n) is 12.2. The molecule has 8 heteroatoms. The van der Waals surface area contributed by atoms with Gasteiger partial charge in [-0.2, -0.15) is 0 Å². The van der Waals surface area contributed by atoms with Crippen LogP contribution < -0.4 is 16.2 Å². The van der Waals surface area contributed by atoms with Crippen molar-refractivity contribution in [3.05, 3.63) is 59.2 Å². The van der Waals surface area contributed by atoms with Crippen molar-refractivity contribution in [3.8, 4) is 0 Å². The van der Waals surface area contributed by atoms with Crippen LogP contribution in [-0.2, 0) is 10.0 Å². The van der Waals surface area contributed by atoms with Gasteiger partial charge in [0.15, 0.2) is 0 Å². The van der Waals surface area contributed by atoms with Gasteiger partial charge < -0.3 is 11.5 Å². The van der Waals surface area contributed by atoms with Crippen LogP contribution in [0.2, 0.25) is 0 Å². The molecule has 2 aromatic rings. The normalized spacial score (nSPS) is 11.0. The van der Waals surface area contributed by atoms with Crippen molar-refractivity contribution in [1.82, 2.24) is 0 Å². The summed E-state index contributed by atoms with van der Waals surface area (Å²) in [6.07, 6.45) is 0. The Morgan fingerprint density at radius 2 is 1.57 bits per heavy atom. The van der Waals surface area contributed by atoms with E-state index >= 15 is 0 Å². The molecule has 2 amide bonds. The van der Waals surface area contributed by atoms with Crippen molar-refractivity contribution in [2.24, 2.45) is 11.5 Å². The van der Waals surface area contributed by atoms with Crippen molar-refractivity contribution in [2.45, 2.75) is 11.8 Å². The van der Waals surface area contributed by atoms with Gasteiger partial charge in [-0.3, -0.25) is 14.3 Å². The molecular formula is C15H15N3O4S. The lowest BCUT2D eigenvalue weighted by Crippen LogP contribution is -2.17. The first kappa shape index (κ1) is 16.5. The second-order valence-corrected chi connectivity index (χ2v) is 6.57. The van der Waals surface area contributed by atoms with E-state index in [4.69, 9.17) is 11.5 Å². The van der Waals surface area contributed by atoms with Crippen molar-refractivity contribution in [3.63, 3.8) is 0 Å². The van der Waals surface area contributed by atoms with Gasteiger partial charge >= 0.3 is 0 Å². The summed E-state index contributed by atoms with van der Waals surface area (Å²) in [5.74, 6) is -1.31. The van der Waals surface area contributed by atoms with Crippen LogP contribution in [0.15, 0.2) is 47.4 Å². The molecule has 0 saturated heterocycles. The number of anilines is 1. The standard InChI is InChI=1S/C15H15N3O4S/c1-9-2-7-12(8-13(9)15(17)20)23(21,22)18-11-5-3-10(4-6-11)14(16)19/h2-8,18H,1H3,(H2,16,19)(H2,17,20). The van der Waals surface area contributed by atoms with Crippen LogP contribution in [0, 0.1) is 6.92 Å². The maximum absolute atomic E-state index is 12.4. The van der Waals surface area contributed by atoms with E-state index in [2.05, 4.69) is 4.72 Å². The van der Waals surface area contributed by atoms with Crippen LogP contribution in [0.4, 0.5) is 5.69 Å². The van der Waals surface area contributed by atoms with Gasteiger partial charge in [0.1, 0.15) is 0 Å². The number of nitrogens with one attached hydrogen (secondary N) is 1. The molecule has 2 rings (SSSR count). The Labute approximate surface area is 133 Å². The van der Waals surface area contributed by atoms with E-state index in [-0.39, 0.29) is 21.7 Å². The third kappa shape index (κ3) is 3.67.